The Hall–Kier alpha value is -1.21. The van der Waals surface area contributed by atoms with Crippen LogP contribution in [0.4, 0.5) is 0 Å². The maximum Gasteiger partial charge on any atom is 0.383 e. The van der Waals surface area contributed by atoms with Crippen molar-refractivity contribution in [2.45, 2.75) is 25.9 Å². The molecule has 0 bridgehead atoms. The molecule has 5 heteroatoms. The second-order valence-corrected chi connectivity index (χ2v) is 9.13. The summed E-state index contributed by atoms with van der Waals surface area (Å²) in [5.41, 5.74) is 0.629. The molecule has 1 unspecified atom stereocenters. The molecule has 0 aliphatic carbocycles. The third kappa shape index (κ3) is 3.41. The Morgan fingerprint density at radius 3 is 2.05 bits per heavy atom. The van der Waals surface area contributed by atoms with E-state index in [0.717, 1.165) is 0 Å². The zero-order valence-electron chi connectivity index (χ0n) is 12.6. The van der Waals surface area contributed by atoms with E-state index in [-0.39, 0.29) is 11.3 Å². The van der Waals surface area contributed by atoms with Crippen molar-refractivity contribution in [3.63, 3.8) is 0 Å². The summed E-state index contributed by atoms with van der Waals surface area (Å²) in [5, 5.41) is 0.679. The molecule has 0 N–H and O–H groups in total. The fourth-order valence-corrected chi connectivity index (χ4v) is 3.96. The van der Waals surface area contributed by atoms with E-state index in [9.17, 15) is 9.36 Å². The van der Waals surface area contributed by atoms with E-state index >= 15 is 0 Å². The molecular formula is C17H16Cl2O2P+. The molecule has 114 valence electrons. The zero-order chi connectivity index (χ0) is 16.5. The maximum atomic E-state index is 12.8. The van der Waals surface area contributed by atoms with Gasteiger partial charge in [-0.1, -0.05) is 46.0 Å². The highest BCUT2D eigenvalue weighted by molar-refractivity contribution is 7.55. The Labute approximate surface area is 141 Å². The van der Waals surface area contributed by atoms with Crippen molar-refractivity contribution in [1.82, 2.24) is 0 Å². The van der Waals surface area contributed by atoms with E-state index < -0.39 is 13.0 Å². The molecule has 0 saturated carbocycles. The van der Waals surface area contributed by atoms with Crippen LogP contribution in [0.25, 0.3) is 0 Å². The van der Waals surface area contributed by atoms with Crippen LogP contribution < -0.4 is 5.30 Å². The van der Waals surface area contributed by atoms with Gasteiger partial charge in [0.2, 0.25) is 11.1 Å². The fourth-order valence-electron chi connectivity index (χ4n) is 2.05. The van der Waals surface area contributed by atoms with Crippen LogP contribution in [0.2, 0.25) is 10.0 Å². The summed E-state index contributed by atoms with van der Waals surface area (Å²) in [6.45, 7) is 5.65. The van der Waals surface area contributed by atoms with Crippen molar-refractivity contribution in [2.24, 2.45) is 0 Å². The monoisotopic (exact) mass is 353 g/mol. The molecule has 0 fully saturated rings. The molecule has 22 heavy (non-hydrogen) atoms. The van der Waals surface area contributed by atoms with Crippen LogP contribution in [0.5, 0.6) is 0 Å². The van der Waals surface area contributed by atoms with Crippen molar-refractivity contribution in [1.29, 1.82) is 0 Å². The van der Waals surface area contributed by atoms with Gasteiger partial charge in [0.1, 0.15) is 0 Å². The minimum Gasteiger partial charge on any atom is -0.288 e. The van der Waals surface area contributed by atoms with E-state index in [4.69, 9.17) is 23.2 Å². The molecule has 2 rings (SSSR count). The second kappa shape index (κ2) is 6.50. The molecule has 2 aromatic rings. The molecule has 0 aromatic heterocycles. The van der Waals surface area contributed by atoms with Crippen LogP contribution in [-0.4, -0.2) is 10.9 Å². The van der Waals surface area contributed by atoms with Gasteiger partial charge in [-0.2, -0.15) is 0 Å². The maximum absolute atomic E-state index is 12.8. The quantitative estimate of drug-likeness (QED) is 0.541. The predicted molar refractivity (Wildman–Crippen MR) is 93.3 cm³/mol. The average Bonchev–Trinajstić information content (AvgIpc) is 2.45. The Morgan fingerprint density at radius 1 is 0.955 bits per heavy atom. The normalized spacial score (nSPS) is 12.1. The van der Waals surface area contributed by atoms with Crippen molar-refractivity contribution < 1.29 is 9.36 Å². The lowest BCUT2D eigenvalue weighted by molar-refractivity contribution is 0.104. The third-order valence-electron chi connectivity index (χ3n) is 3.17. The summed E-state index contributed by atoms with van der Waals surface area (Å²) >= 11 is 12.2. The molecule has 0 aliphatic rings. The number of halogens is 2. The summed E-state index contributed by atoms with van der Waals surface area (Å²) in [6, 6.07) is 11.8. The molecule has 0 saturated heterocycles. The molecular weight excluding hydrogens is 338 g/mol. The minimum atomic E-state index is -1.74. The van der Waals surface area contributed by atoms with Crippen LogP contribution in [-0.2, 0) is 4.57 Å². The van der Waals surface area contributed by atoms with Crippen molar-refractivity contribution >= 4 is 42.1 Å². The van der Waals surface area contributed by atoms with Crippen LogP contribution >= 0.6 is 31.0 Å². The highest BCUT2D eigenvalue weighted by atomic mass is 35.5. The number of benzene rings is 2. The van der Waals surface area contributed by atoms with E-state index in [2.05, 4.69) is 0 Å². The number of hydrogen-bond acceptors (Lipinski definition) is 2. The van der Waals surface area contributed by atoms with Crippen molar-refractivity contribution in [3.05, 3.63) is 63.6 Å². The Balaban J connectivity index is 2.59. The smallest absolute Gasteiger partial charge is 0.288 e. The first-order valence-corrected chi connectivity index (χ1v) is 8.80. The molecule has 0 heterocycles. The number of rotatable bonds is 3. The Bertz CT molecular complexity index is 728. The van der Waals surface area contributed by atoms with Crippen LogP contribution in [0.3, 0.4) is 0 Å². The van der Waals surface area contributed by atoms with Crippen LogP contribution in [0, 0.1) is 0 Å². The fraction of sp³-hybridized carbons (Fsp3) is 0.235. The highest BCUT2D eigenvalue weighted by Crippen LogP contribution is 2.39. The third-order valence-corrected chi connectivity index (χ3v) is 5.84. The van der Waals surface area contributed by atoms with Gasteiger partial charge in [0.15, 0.2) is 5.16 Å². The number of carbonyl (C=O) groups excluding carboxylic acids is 1. The summed E-state index contributed by atoms with van der Waals surface area (Å²) in [5.74, 6) is -0.307. The van der Waals surface area contributed by atoms with Gasteiger partial charge in [-0.15, -0.1) is 0 Å². The highest BCUT2D eigenvalue weighted by Gasteiger charge is 2.39. The van der Waals surface area contributed by atoms with Crippen LogP contribution in [0.15, 0.2) is 42.5 Å². The standard InChI is InChI=1S/C17H16Cl2O2P/c1-17(2,3)22(21)14-10-5-4-7-11(14)16(20)15-12(18)8-6-9-13(15)19/h4-10H,1-3H3/q+1. The lowest BCUT2D eigenvalue weighted by Gasteiger charge is -2.09. The van der Waals surface area contributed by atoms with Gasteiger partial charge in [0, 0.05) is 0 Å². The van der Waals surface area contributed by atoms with Gasteiger partial charge in [-0.05, 0) is 45.0 Å². The molecule has 0 aliphatic heterocycles. The van der Waals surface area contributed by atoms with Gasteiger partial charge in [-0.25, -0.2) is 0 Å². The molecule has 0 spiro atoms. The van der Waals surface area contributed by atoms with Gasteiger partial charge < -0.3 is 0 Å². The zero-order valence-corrected chi connectivity index (χ0v) is 15.0. The molecule has 0 radical (unpaired) electrons. The number of ketones is 1. The first kappa shape index (κ1) is 17.1. The van der Waals surface area contributed by atoms with E-state index in [1.807, 2.05) is 20.8 Å². The predicted octanol–water partition coefficient (Wildman–Crippen LogP) is 5.48. The summed E-state index contributed by atoms with van der Waals surface area (Å²) in [7, 11) is -1.74. The summed E-state index contributed by atoms with van der Waals surface area (Å²) in [4.78, 5) is 12.8. The van der Waals surface area contributed by atoms with Gasteiger partial charge in [0.05, 0.1) is 21.2 Å². The minimum absolute atomic E-state index is 0.246. The molecule has 1 atom stereocenters. The molecule has 2 aromatic carbocycles. The molecule has 2 nitrogen and oxygen atoms in total. The van der Waals surface area contributed by atoms with Crippen molar-refractivity contribution in [2.75, 3.05) is 0 Å². The number of carbonyl (C=O) groups is 1. The lowest BCUT2D eigenvalue weighted by Crippen LogP contribution is -2.20. The van der Waals surface area contributed by atoms with Gasteiger partial charge in [0.25, 0.3) is 0 Å². The van der Waals surface area contributed by atoms with Gasteiger partial charge in [-0.3, -0.25) is 4.79 Å². The Kier molecular flexibility index (Phi) is 5.07. The second-order valence-electron chi connectivity index (χ2n) is 5.91. The first-order valence-electron chi connectivity index (χ1n) is 6.78. The number of hydrogen-bond donors (Lipinski definition) is 0. The van der Waals surface area contributed by atoms with Crippen molar-refractivity contribution in [3.8, 4) is 0 Å². The topological polar surface area (TPSA) is 34.1 Å². The lowest BCUT2D eigenvalue weighted by atomic mass is 10.0. The largest absolute Gasteiger partial charge is 0.383 e. The van der Waals surface area contributed by atoms with E-state index in [1.165, 1.54) is 0 Å². The summed E-state index contributed by atoms with van der Waals surface area (Å²) in [6.07, 6.45) is 0. The van der Waals surface area contributed by atoms with E-state index in [0.29, 0.717) is 20.9 Å². The first-order chi connectivity index (χ1) is 10.2. The Morgan fingerprint density at radius 2 is 1.50 bits per heavy atom. The summed E-state index contributed by atoms with van der Waals surface area (Å²) < 4.78 is 12.7. The molecule has 0 amide bonds. The SMILES string of the molecule is CC(C)(C)[P+](=O)c1ccccc1C(=O)c1c(Cl)cccc1Cl. The van der Waals surface area contributed by atoms with Crippen LogP contribution in [0.1, 0.15) is 36.7 Å². The average molecular weight is 354 g/mol. The van der Waals surface area contributed by atoms with Gasteiger partial charge >= 0.3 is 7.80 Å². The van der Waals surface area contributed by atoms with E-state index in [1.54, 1.807) is 42.5 Å².